The Labute approximate surface area is 174 Å². The van der Waals surface area contributed by atoms with Gasteiger partial charge >= 0.3 is 0 Å². The van der Waals surface area contributed by atoms with Crippen molar-refractivity contribution >= 4 is 34.8 Å². The smallest absolute Gasteiger partial charge is 0.236 e. The van der Waals surface area contributed by atoms with E-state index < -0.39 is 0 Å². The first-order valence-electron chi connectivity index (χ1n) is 8.64. The zero-order chi connectivity index (χ0) is 20.2. The summed E-state index contributed by atoms with van der Waals surface area (Å²) in [5, 5.41) is 17.7. The summed E-state index contributed by atoms with van der Waals surface area (Å²) in [4.78, 5) is 13.3. The van der Waals surface area contributed by atoms with Crippen molar-refractivity contribution in [1.82, 2.24) is 19.9 Å². The highest BCUT2D eigenvalue weighted by atomic mass is 32.2. The first kappa shape index (κ1) is 19.2. The van der Waals surface area contributed by atoms with Gasteiger partial charge in [-0.15, -0.1) is 21.5 Å². The quantitative estimate of drug-likeness (QED) is 0.445. The van der Waals surface area contributed by atoms with Gasteiger partial charge in [0.05, 0.1) is 23.4 Å². The maximum atomic E-state index is 12.3. The minimum Gasteiger partial charge on any atom is -0.495 e. The zero-order valence-corrected chi connectivity index (χ0v) is 17.3. The maximum Gasteiger partial charge on any atom is 0.236 e. The lowest BCUT2D eigenvalue weighted by atomic mass is 10.3. The number of nitrogens with one attached hydrogen (secondary N) is 1. The van der Waals surface area contributed by atoms with Crippen LogP contribution in [0.1, 0.15) is 5.76 Å². The number of methoxy groups -OCH3 is 1. The lowest BCUT2D eigenvalue weighted by molar-refractivity contribution is -0.113. The number of ether oxygens (including phenoxy) is 1. The standard InChI is InChI=1S/C19H17N5O3S2/c1-12-10-16(23-27-12)20-17(25)11-29-19-22-21-18(15-8-5-9-28-15)24(19)13-6-3-4-7-14(13)26-2/h3-10H,11H2,1-2H3,(H,20,23,25). The molecule has 148 valence electrons. The number of anilines is 1. The van der Waals surface area contributed by atoms with Gasteiger partial charge in [-0.3, -0.25) is 9.36 Å². The van der Waals surface area contributed by atoms with Crippen molar-refractivity contribution in [3.8, 4) is 22.1 Å². The number of rotatable bonds is 7. The van der Waals surface area contributed by atoms with Crippen LogP contribution in [0, 0.1) is 6.92 Å². The third kappa shape index (κ3) is 4.17. The monoisotopic (exact) mass is 427 g/mol. The summed E-state index contributed by atoms with van der Waals surface area (Å²) >= 11 is 2.85. The molecular formula is C19H17N5O3S2. The summed E-state index contributed by atoms with van der Waals surface area (Å²) in [5.41, 5.74) is 0.804. The summed E-state index contributed by atoms with van der Waals surface area (Å²) in [6.45, 7) is 1.76. The highest BCUT2D eigenvalue weighted by Crippen LogP contribution is 2.34. The molecule has 0 saturated heterocycles. The second-order valence-electron chi connectivity index (χ2n) is 5.95. The molecule has 0 bridgehead atoms. The molecule has 0 aliphatic carbocycles. The van der Waals surface area contributed by atoms with Crippen LogP contribution in [0.15, 0.2) is 57.5 Å². The second-order valence-corrected chi connectivity index (χ2v) is 7.84. The molecule has 3 heterocycles. The molecule has 1 N–H and O–H groups in total. The third-order valence-electron chi connectivity index (χ3n) is 3.93. The molecule has 3 aromatic heterocycles. The van der Waals surface area contributed by atoms with Crippen LogP contribution in [-0.2, 0) is 4.79 Å². The zero-order valence-electron chi connectivity index (χ0n) is 15.7. The van der Waals surface area contributed by atoms with Gasteiger partial charge in [-0.1, -0.05) is 35.1 Å². The SMILES string of the molecule is COc1ccccc1-n1c(SCC(=O)Nc2cc(C)on2)nnc1-c1cccs1. The highest BCUT2D eigenvalue weighted by Gasteiger charge is 2.20. The van der Waals surface area contributed by atoms with Gasteiger partial charge in [-0.25, -0.2) is 0 Å². The third-order valence-corrected chi connectivity index (χ3v) is 5.72. The van der Waals surface area contributed by atoms with E-state index in [0.717, 1.165) is 10.6 Å². The van der Waals surface area contributed by atoms with E-state index in [9.17, 15) is 4.79 Å². The Morgan fingerprint density at radius 2 is 2.14 bits per heavy atom. The average molecular weight is 428 g/mol. The number of aromatic nitrogens is 4. The largest absolute Gasteiger partial charge is 0.495 e. The van der Waals surface area contributed by atoms with E-state index in [1.807, 2.05) is 46.3 Å². The Balaban J connectivity index is 1.62. The van der Waals surface area contributed by atoms with Crippen molar-refractivity contribution < 1.29 is 14.1 Å². The fraction of sp³-hybridized carbons (Fsp3) is 0.158. The van der Waals surface area contributed by atoms with Crippen LogP contribution in [0.25, 0.3) is 16.4 Å². The van der Waals surface area contributed by atoms with E-state index in [1.54, 1.807) is 31.4 Å². The molecule has 0 aliphatic heterocycles. The number of benzene rings is 1. The molecule has 29 heavy (non-hydrogen) atoms. The molecule has 0 radical (unpaired) electrons. The first-order chi connectivity index (χ1) is 14.2. The summed E-state index contributed by atoms with van der Waals surface area (Å²) < 4.78 is 12.4. The van der Waals surface area contributed by atoms with E-state index in [-0.39, 0.29) is 11.7 Å². The lowest BCUT2D eigenvalue weighted by Crippen LogP contribution is -2.14. The van der Waals surface area contributed by atoms with Gasteiger partial charge in [0.15, 0.2) is 16.8 Å². The molecule has 0 fully saturated rings. The Kier molecular flexibility index (Phi) is 5.63. The van der Waals surface area contributed by atoms with E-state index in [2.05, 4.69) is 20.7 Å². The van der Waals surface area contributed by atoms with Crippen LogP contribution >= 0.6 is 23.1 Å². The van der Waals surface area contributed by atoms with E-state index in [1.165, 1.54) is 11.8 Å². The summed E-state index contributed by atoms with van der Waals surface area (Å²) in [6, 6.07) is 13.2. The predicted molar refractivity (Wildman–Crippen MR) is 112 cm³/mol. The van der Waals surface area contributed by atoms with E-state index >= 15 is 0 Å². The van der Waals surface area contributed by atoms with Gasteiger partial charge in [0, 0.05) is 6.07 Å². The Bertz CT molecular complexity index is 1120. The van der Waals surface area contributed by atoms with Gasteiger partial charge in [0.25, 0.3) is 0 Å². The summed E-state index contributed by atoms with van der Waals surface area (Å²) in [5.74, 6) is 2.33. The van der Waals surface area contributed by atoms with Crippen molar-refractivity contribution in [2.45, 2.75) is 12.1 Å². The Hall–Kier alpha value is -3.11. The molecule has 1 amide bonds. The molecule has 4 rings (SSSR count). The number of para-hydroxylation sites is 2. The molecule has 0 atom stereocenters. The van der Waals surface area contributed by atoms with Gasteiger partial charge < -0.3 is 14.6 Å². The van der Waals surface area contributed by atoms with Crippen molar-refractivity contribution in [3.05, 3.63) is 53.6 Å². The topological polar surface area (TPSA) is 95.1 Å². The molecule has 10 heteroatoms. The molecule has 0 spiro atoms. The fourth-order valence-corrected chi connectivity index (χ4v) is 4.14. The average Bonchev–Trinajstić information content (AvgIpc) is 3.47. The van der Waals surface area contributed by atoms with Gasteiger partial charge in [0.1, 0.15) is 11.5 Å². The lowest BCUT2D eigenvalue weighted by Gasteiger charge is -2.13. The van der Waals surface area contributed by atoms with Crippen LogP contribution in [-0.4, -0.2) is 38.7 Å². The fourth-order valence-electron chi connectivity index (χ4n) is 2.69. The van der Waals surface area contributed by atoms with Gasteiger partial charge in [0.2, 0.25) is 5.91 Å². The molecular weight excluding hydrogens is 410 g/mol. The Morgan fingerprint density at radius 1 is 1.28 bits per heavy atom. The number of hydrogen-bond donors (Lipinski definition) is 1. The number of thioether (sulfide) groups is 1. The first-order valence-corrected chi connectivity index (χ1v) is 10.5. The van der Waals surface area contributed by atoms with Crippen molar-refractivity contribution in [3.63, 3.8) is 0 Å². The normalized spacial score (nSPS) is 10.8. The summed E-state index contributed by atoms with van der Waals surface area (Å²) in [7, 11) is 1.62. The molecule has 8 nitrogen and oxygen atoms in total. The minimum absolute atomic E-state index is 0.142. The minimum atomic E-state index is -0.212. The van der Waals surface area contributed by atoms with Gasteiger partial charge in [-0.05, 0) is 30.5 Å². The molecule has 4 aromatic rings. The van der Waals surface area contributed by atoms with Crippen molar-refractivity contribution in [1.29, 1.82) is 0 Å². The molecule has 0 saturated carbocycles. The van der Waals surface area contributed by atoms with Crippen molar-refractivity contribution in [2.24, 2.45) is 0 Å². The maximum absolute atomic E-state index is 12.3. The van der Waals surface area contributed by atoms with Gasteiger partial charge in [-0.2, -0.15) is 0 Å². The molecule has 0 aliphatic rings. The number of amides is 1. The second kappa shape index (κ2) is 8.50. The molecule has 1 aromatic carbocycles. The number of nitrogens with zero attached hydrogens (tertiary/aromatic N) is 4. The number of aryl methyl sites for hydroxylation is 1. The highest BCUT2D eigenvalue weighted by molar-refractivity contribution is 7.99. The Morgan fingerprint density at radius 3 is 2.86 bits per heavy atom. The van der Waals surface area contributed by atoms with Crippen LogP contribution in [0.4, 0.5) is 5.82 Å². The predicted octanol–water partition coefficient (Wildman–Crippen LogP) is 4.03. The van der Waals surface area contributed by atoms with E-state index in [0.29, 0.717) is 28.3 Å². The summed E-state index contributed by atoms with van der Waals surface area (Å²) in [6.07, 6.45) is 0. The van der Waals surface area contributed by atoms with E-state index in [4.69, 9.17) is 9.26 Å². The van der Waals surface area contributed by atoms with Crippen LogP contribution < -0.4 is 10.1 Å². The number of hydrogen-bond acceptors (Lipinski definition) is 8. The number of carbonyl (C=O) groups excluding carboxylic acids is 1. The molecule has 0 unspecified atom stereocenters. The van der Waals surface area contributed by atoms with Crippen LogP contribution in [0.2, 0.25) is 0 Å². The number of thiophene rings is 1. The van der Waals surface area contributed by atoms with Crippen LogP contribution in [0.3, 0.4) is 0 Å². The van der Waals surface area contributed by atoms with Crippen molar-refractivity contribution in [2.75, 3.05) is 18.2 Å². The number of carbonyl (C=O) groups is 1. The van der Waals surface area contributed by atoms with Crippen LogP contribution in [0.5, 0.6) is 5.75 Å².